The molecule has 2 bridgehead atoms. The second-order valence-electron chi connectivity index (χ2n) is 11.1. The zero-order valence-electron chi connectivity index (χ0n) is 23.8. The predicted octanol–water partition coefficient (Wildman–Crippen LogP) is 1.76. The van der Waals surface area contributed by atoms with Gasteiger partial charge < -0.3 is 41.1 Å². The number of ketones is 2. The van der Waals surface area contributed by atoms with Gasteiger partial charge in [0.25, 0.3) is 0 Å². The largest absolute Gasteiger partial charge is 0.507 e. The van der Waals surface area contributed by atoms with Crippen molar-refractivity contribution >= 4 is 40.8 Å². The molecule has 7 N–H and O–H groups in total. The number of nitrogens with one attached hydrogen (secondary N) is 2. The van der Waals surface area contributed by atoms with Crippen LogP contribution in [0.5, 0.6) is 11.5 Å². The number of phenols is 2. The number of hydrogen-bond acceptors (Lipinski definition) is 10. The number of anilines is 2. The lowest BCUT2D eigenvalue weighted by Crippen LogP contribution is -2.55. The molecule has 0 aliphatic heterocycles. The Hall–Kier alpha value is -4.91. The number of aliphatic carboxylic acids is 2. The first-order valence-electron chi connectivity index (χ1n) is 14.3. The first-order chi connectivity index (χ1) is 21.0. The van der Waals surface area contributed by atoms with E-state index in [0.29, 0.717) is 12.2 Å². The van der Waals surface area contributed by atoms with Crippen molar-refractivity contribution < 1.29 is 49.5 Å². The highest BCUT2D eigenvalue weighted by atomic mass is 16.4. The second kappa shape index (κ2) is 12.0. The maximum absolute atomic E-state index is 13.8. The van der Waals surface area contributed by atoms with E-state index in [9.17, 15) is 49.5 Å². The summed E-state index contributed by atoms with van der Waals surface area (Å²) in [5.74, 6) is -9.76. The van der Waals surface area contributed by atoms with Crippen LogP contribution in [0.1, 0.15) is 45.2 Å². The topological polar surface area (TPSA) is 214 Å². The normalized spacial score (nSPS) is 23.1. The minimum Gasteiger partial charge on any atom is -0.507 e. The highest BCUT2D eigenvalue weighted by Crippen LogP contribution is 2.49. The van der Waals surface area contributed by atoms with Crippen LogP contribution in [0.25, 0.3) is 0 Å². The molecule has 1 fully saturated rings. The van der Waals surface area contributed by atoms with E-state index < -0.39 is 77.1 Å². The molecule has 0 heterocycles. The molecule has 4 aliphatic carbocycles. The Bertz CT molecular complexity index is 1580. The molecular formula is C31H33N3O10. The van der Waals surface area contributed by atoms with E-state index in [1.54, 1.807) is 31.2 Å². The molecule has 5 unspecified atom stereocenters. The lowest BCUT2D eigenvalue weighted by molar-refractivity contribution is -0.163. The van der Waals surface area contributed by atoms with Crippen molar-refractivity contribution in [3.63, 3.8) is 0 Å². The molecule has 4 aliphatic rings. The number of carboxylic acid groups (broad SMARTS) is 2. The summed E-state index contributed by atoms with van der Waals surface area (Å²) in [4.78, 5) is 66.4. The van der Waals surface area contributed by atoms with E-state index in [4.69, 9.17) is 0 Å². The fourth-order valence-corrected chi connectivity index (χ4v) is 6.84. The molecule has 44 heavy (non-hydrogen) atoms. The third-order valence-electron chi connectivity index (χ3n) is 8.74. The van der Waals surface area contributed by atoms with Crippen molar-refractivity contribution in [3.8, 4) is 11.5 Å². The molecule has 1 saturated carbocycles. The lowest BCUT2D eigenvalue weighted by Gasteiger charge is -2.46. The summed E-state index contributed by atoms with van der Waals surface area (Å²) in [5.41, 5.74) is -0.0883. The summed E-state index contributed by atoms with van der Waals surface area (Å²) in [6, 6.07) is 5.41. The fraction of sp³-hybridized carbons (Fsp3) is 0.387. The second-order valence-corrected chi connectivity index (χ2v) is 11.1. The summed E-state index contributed by atoms with van der Waals surface area (Å²) in [6.07, 6.45) is 3.39. The van der Waals surface area contributed by atoms with Gasteiger partial charge >= 0.3 is 11.9 Å². The Labute approximate surface area is 251 Å². The number of allylic oxidation sites excluding steroid dienone is 2. The molecular weight excluding hydrogens is 574 g/mol. The number of carboxylic acids is 2. The van der Waals surface area contributed by atoms with Gasteiger partial charge in [-0.15, -0.1) is 0 Å². The standard InChI is InChI=1S/C31H33N3O10/c1-2-32-17-5-6-18(24-23(17)27(38)25-19(36)7-8-20(37)26(25)28(24)39)33-9-10-34(11-12-35)29(40)22-15-4-3-14(21(22)31(43)44)13-16(15)30(41)42/h3-8,14-16,21-22,32-33,35-37H,2,9-13H2,1H3,(H,41,42)(H,43,44). The molecule has 0 saturated heterocycles. The Morgan fingerprint density at radius 1 is 0.818 bits per heavy atom. The fourth-order valence-electron chi connectivity index (χ4n) is 6.84. The average molecular weight is 608 g/mol. The molecule has 13 nitrogen and oxygen atoms in total. The molecule has 5 atom stereocenters. The van der Waals surface area contributed by atoms with E-state index in [-0.39, 0.29) is 54.0 Å². The minimum absolute atomic E-state index is 0.00701. The number of aromatic hydroxyl groups is 2. The molecule has 2 aromatic rings. The number of aliphatic hydroxyl groups excluding tert-OH is 1. The minimum atomic E-state index is -1.20. The van der Waals surface area contributed by atoms with Crippen LogP contribution in [0.2, 0.25) is 0 Å². The molecule has 0 aromatic heterocycles. The number of rotatable bonds is 11. The number of amides is 1. The van der Waals surface area contributed by atoms with Gasteiger partial charge in [0.15, 0.2) is 0 Å². The summed E-state index contributed by atoms with van der Waals surface area (Å²) in [5, 5.41) is 56.3. The quantitative estimate of drug-likeness (QED) is 0.123. The third kappa shape index (κ3) is 5.02. The number of hydrogen-bond donors (Lipinski definition) is 7. The molecule has 0 spiro atoms. The van der Waals surface area contributed by atoms with E-state index in [0.717, 1.165) is 12.1 Å². The first-order valence-corrected chi connectivity index (χ1v) is 14.3. The summed E-state index contributed by atoms with van der Waals surface area (Å²) < 4.78 is 0. The third-order valence-corrected chi connectivity index (χ3v) is 8.74. The highest BCUT2D eigenvalue weighted by molar-refractivity contribution is 6.33. The van der Waals surface area contributed by atoms with Gasteiger partial charge in [-0.05, 0) is 43.5 Å². The van der Waals surface area contributed by atoms with Crippen LogP contribution in [0, 0.1) is 29.6 Å². The Morgan fingerprint density at radius 3 is 1.93 bits per heavy atom. The number of carbonyl (C=O) groups excluding carboxylic acids is 3. The number of benzene rings is 2. The van der Waals surface area contributed by atoms with Crippen LogP contribution in [0.15, 0.2) is 36.4 Å². The monoisotopic (exact) mass is 607 g/mol. The SMILES string of the molecule is CCNc1ccc(NCCN(CCO)C(=O)C2C3C=CC(CC3C(=O)O)C2C(=O)O)c2c1C(=O)c1c(O)ccc(O)c1C2=O. The van der Waals surface area contributed by atoms with Crippen LogP contribution in [0.3, 0.4) is 0 Å². The van der Waals surface area contributed by atoms with Crippen LogP contribution >= 0.6 is 0 Å². The average Bonchev–Trinajstić information content (AvgIpc) is 3.00. The van der Waals surface area contributed by atoms with Gasteiger partial charge in [0.2, 0.25) is 17.5 Å². The first kappa shape index (κ1) is 30.5. The van der Waals surface area contributed by atoms with Gasteiger partial charge in [-0.3, -0.25) is 24.0 Å². The number of phenolic OH excluding ortho intramolecular Hbond substituents is 2. The van der Waals surface area contributed by atoms with Gasteiger partial charge in [0.05, 0.1) is 46.6 Å². The van der Waals surface area contributed by atoms with Gasteiger partial charge in [-0.25, -0.2) is 0 Å². The molecule has 6 rings (SSSR count). The van der Waals surface area contributed by atoms with Crippen molar-refractivity contribution in [3.05, 3.63) is 58.7 Å². The Balaban J connectivity index is 1.43. The summed E-state index contributed by atoms with van der Waals surface area (Å²) in [7, 11) is 0. The van der Waals surface area contributed by atoms with Crippen LogP contribution in [-0.4, -0.2) is 92.6 Å². The highest BCUT2D eigenvalue weighted by Gasteiger charge is 2.54. The molecule has 232 valence electrons. The van der Waals surface area contributed by atoms with Crippen LogP contribution < -0.4 is 10.6 Å². The summed E-state index contributed by atoms with van der Waals surface area (Å²) in [6.45, 7) is 1.63. The van der Waals surface area contributed by atoms with Crippen molar-refractivity contribution in [1.82, 2.24) is 4.90 Å². The van der Waals surface area contributed by atoms with Gasteiger partial charge in [-0.2, -0.15) is 0 Å². The molecule has 0 radical (unpaired) electrons. The maximum Gasteiger partial charge on any atom is 0.307 e. The van der Waals surface area contributed by atoms with Gasteiger partial charge in [0, 0.05) is 43.5 Å². The number of aliphatic hydroxyl groups is 1. The molecule has 13 heteroatoms. The Kier molecular flexibility index (Phi) is 8.33. The smallest absolute Gasteiger partial charge is 0.307 e. The van der Waals surface area contributed by atoms with Gasteiger partial charge in [0.1, 0.15) is 11.5 Å². The predicted molar refractivity (Wildman–Crippen MR) is 156 cm³/mol. The number of fused-ring (bicyclic) bond motifs is 4. The van der Waals surface area contributed by atoms with E-state index in [1.807, 2.05) is 0 Å². The van der Waals surface area contributed by atoms with E-state index in [1.165, 1.54) is 4.90 Å². The lowest BCUT2D eigenvalue weighted by atomic mass is 9.57. The Morgan fingerprint density at radius 2 is 1.41 bits per heavy atom. The zero-order valence-corrected chi connectivity index (χ0v) is 23.8. The summed E-state index contributed by atoms with van der Waals surface area (Å²) >= 11 is 0. The molecule has 2 aromatic carbocycles. The maximum atomic E-state index is 13.8. The molecule has 1 amide bonds. The van der Waals surface area contributed by atoms with E-state index >= 15 is 0 Å². The van der Waals surface area contributed by atoms with Gasteiger partial charge in [-0.1, -0.05) is 12.2 Å². The number of carbonyl (C=O) groups is 5. The van der Waals surface area contributed by atoms with Crippen molar-refractivity contribution in [1.29, 1.82) is 0 Å². The van der Waals surface area contributed by atoms with Crippen LogP contribution in [-0.2, 0) is 14.4 Å². The van der Waals surface area contributed by atoms with Crippen molar-refractivity contribution in [2.24, 2.45) is 29.6 Å². The zero-order chi connectivity index (χ0) is 31.9. The number of nitrogens with zero attached hydrogens (tertiary/aromatic N) is 1. The van der Waals surface area contributed by atoms with Crippen LogP contribution in [0.4, 0.5) is 11.4 Å². The van der Waals surface area contributed by atoms with Crippen molar-refractivity contribution in [2.75, 3.05) is 43.4 Å². The van der Waals surface area contributed by atoms with Crippen molar-refractivity contribution in [2.45, 2.75) is 13.3 Å². The van der Waals surface area contributed by atoms with E-state index in [2.05, 4.69) is 10.6 Å².